The zero-order valence-corrected chi connectivity index (χ0v) is 13.5. The maximum Gasteiger partial charge on any atom is 0.340 e. The summed E-state index contributed by atoms with van der Waals surface area (Å²) in [6.07, 6.45) is 1.74. The molecule has 0 saturated carbocycles. The van der Waals surface area contributed by atoms with Gasteiger partial charge in [0.15, 0.2) is 6.10 Å². The van der Waals surface area contributed by atoms with Gasteiger partial charge in [-0.3, -0.25) is 9.78 Å². The highest BCUT2D eigenvalue weighted by Crippen LogP contribution is 2.15. The number of pyridine rings is 1. The maximum atomic E-state index is 12.1. The molecule has 126 valence electrons. The molecular formula is C15H15N3O5S. The Morgan fingerprint density at radius 3 is 2.62 bits per heavy atom. The Kier molecular flexibility index (Phi) is 5.27. The molecule has 0 radical (unpaired) electrons. The van der Waals surface area contributed by atoms with Gasteiger partial charge in [-0.25, -0.2) is 18.4 Å². The number of sulfonamides is 1. The highest BCUT2D eigenvalue weighted by molar-refractivity contribution is 7.89. The van der Waals surface area contributed by atoms with Crippen molar-refractivity contribution in [1.29, 1.82) is 0 Å². The zero-order chi connectivity index (χ0) is 17.7. The van der Waals surface area contributed by atoms with Crippen molar-refractivity contribution >= 4 is 27.6 Å². The fourth-order valence-corrected chi connectivity index (χ4v) is 2.32. The average Bonchev–Trinajstić information content (AvgIpc) is 2.55. The predicted molar refractivity (Wildman–Crippen MR) is 85.6 cm³/mol. The van der Waals surface area contributed by atoms with Gasteiger partial charge < -0.3 is 10.1 Å². The van der Waals surface area contributed by atoms with Gasteiger partial charge in [-0.2, -0.15) is 0 Å². The van der Waals surface area contributed by atoms with Crippen molar-refractivity contribution < 1.29 is 22.7 Å². The number of carbonyl (C=O) groups is 2. The van der Waals surface area contributed by atoms with Crippen LogP contribution in [0.2, 0.25) is 0 Å². The van der Waals surface area contributed by atoms with Gasteiger partial charge in [-0.05, 0) is 37.3 Å². The molecule has 1 amide bonds. The van der Waals surface area contributed by atoms with E-state index >= 15 is 0 Å². The number of hydrogen-bond donors (Lipinski definition) is 2. The molecular weight excluding hydrogens is 334 g/mol. The zero-order valence-electron chi connectivity index (χ0n) is 12.7. The smallest absolute Gasteiger partial charge is 0.340 e. The standard InChI is InChI=1S/C15H15N3O5S/c1-10(23-15(20)11-4-3-7-17-9-11)14(19)18-12-5-2-6-13(8-12)24(16,21)22/h2-10H,1H3,(H,18,19)(H2,16,21,22). The number of rotatable bonds is 5. The van der Waals surface area contributed by atoms with Crippen LogP contribution in [0.1, 0.15) is 17.3 Å². The first kappa shape index (κ1) is 17.6. The summed E-state index contributed by atoms with van der Waals surface area (Å²) in [6, 6.07) is 8.51. The Morgan fingerprint density at radius 1 is 1.25 bits per heavy atom. The molecule has 8 nitrogen and oxygen atoms in total. The number of nitrogens with zero attached hydrogens (tertiary/aromatic N) is 1. The van der Waals surface area contributed by atoms with Crippen LogP contribution in [-0.2, 0) is 19.6 Å². The molecule has 1 aromatic heterocycles. The number of aromatic nitrogens is 1. The second-order valence-electron chi connectivity index (χ2n) is 4.85. The number of nitrogens with one attached hydrogen (secondary N) is 1. The molecule has 0 fully saturated rings. The first-order valence-electron chi connectivity index (χ1n) is 6.82. The van der Waals surface area contributed by atoms with Crippen molar-refractivity contribution in [3.8, 4) is 0 Å². The van der Waals surface area contributed by atoms with E-state index in [1.165, 1.54) is 49.6 Å². The van der Waals surface area contributed by atoms with Gasteiger partial charge in [0, 0.05) is 18.1 Å². The Balaban J connectivity index is 2.03. The molecule has 1 heterocycles. The van der Waals surface area contributed by atoms with Crippen LogP contribution in [0.5, 0.6) is 0 Å². The summed E-state index contributed by atoms with van der Waals surface area (Å²) in [4.78, 5) is 27.6. The molecule has 9 heteroatoms. The van der Waals surface area contributed by atoms with Gasteiger partial charge >= 0.3 is 5.97 Å². The van der Waals surface area contributed by atoms with Gasteiger partial charge in [0.25, 0.3) is 5.91 Å². The van der Waals surface area contributed by atoms with Crippen LogP contribution in [0.3, 0.4) is 0 Å². The van der Waals surface area contributed by atoms with Crippen LogP contribution < -0.4 is 10.5 Å². The van der Waals surface area contributed by atoms with E-state index in [1.807, 2.05) is 0 Å². The molecule has 2 aromatic rings. The third-order valence-corrected chi connectivity index (χ3v) is 3.89. The third kappa shape index (κ3) is 4.61. The quantitative estimate of drug-likeness (QED) is 0.772. The highest BCUT2D eigenvalue weighted by Gasteiger charge is 2.19. The molecule has 0 aliphatic heterocycles. The number of primary sulfonamides is 1. The Labute approximate surface area is 138 Å². The molecule has 1 unspecified atom stereocenters. The second kappa shape index (κ2) is 7.20. The fourth-order valence-electron chi connectivity index (χ4n) is 1.76. The van der Waals surface area contributed by atoms with Gasteiger partial charge in [0.05, 0.1) is 10.5 Å². The van der Waals surface area contributed by atoms with Crippen LogP contribution in [0.4, 0.5) is 5.69 Å². The summed E-state index contributed by atoms with van der Waals surface area (Å²) >= 11 is 0. The molecule has 0 saturated heterocycles. The normalized spacial score (nSPS) is 12.2. The topological polar surface area (TPSA) is 128 Å². The van der Waals surface area contributed by atoms with Crippen molar-refractivity contribution in [1.82, 2.24) is 4.98 Å². The van der Waals surface area contributed by atoms with Crippen molar-refractivity contribution in [3.05, 3.63) is 54.4 Å². The summed E-state index contributed by atoms with van der Waals surface area (Å²) < 4.78 is 27.6. The van der Waals surface area contributed by atoms with Crippen molar-refractivity contribution in [2.45, 2.75) is 17.9 Å². The summed E-state index contributed by atoms with van der Waals surface area (Å²) in [7, 11) is -3.88. The number of hydrogen-bond acceptors (Lipinski definition) is 6. The van der Waals surface area contributed by atoms with Crippen LogP contribution in [-0.4, -0.2) is 31.4 Å². The fraction of sp³-hybridized carbons (Fsp3) is 0.133. The van der Waals surface area contributed by atoms with Crippen molar-refractivity contribution in [2.75, 3.05) is 5.32 Å². The van der Waals surface area contributed by atoms with Crippen LogP contribution in [0.25, 0.3) is 0 Å². The molecule has 0 aliphatic rings. The lowest BCUT2D eigenvalue weighted by atomic mass is 10.2. The molecule has 0 aliphatic carbocycles. The molecule has 1 aromatic carbocycles. The SMILES string of the molecule is CC(OC(=O)c1cccnc1)C(=O)Nc1cccc(S(N)(=O)=O)c1. The minimum Gasteiger partial charge on any atom is -0.449 e. The van der Waals surface area contributed by atoms with Crippen molar-refractivity contribution in [3.63, 3.8) is 0 Å². The highest BCUT2D eigenvalue weighted by atomic mass is 32.2. The van der Waals surface area contributed by atoms with E-state index in [9.17, 15) is 18.0 Å². The molecule has 24 heavy (non-hydrogen) atoms. The Morgan fingerprint density at radius 2 is 2.00 bits per heavy atom. The Hall–Kier alpha value is -2.78. The number of nitrogens with two attached hydrogens (primary N) is 1. The average molecular weight is 349 g/mol. The minimum atomic E-state index is -3.88. The molecule has 2 rings (SSSR count). The van der Waals surface area contributed by atoms with E-state index < -0.39 is 28.0 Å². The first-order chi connectivity index (χ1) is 11.3. The predicted octanol–water partition coefficient (Wildman–Crippen LogP) is 0.913. The molecule has 1 atom stereocenters. The van der Waals surface area contributed by atoms with Gasteiger partial charge in [0.1, 0.15) is 0 Å². The molecule has 0 spiro atoms. The van der Waals surface area contributed by atoms with Gasteiger partial charge in [0.2, 0.25) is 10.0 Å². The summed E-state index contributed by atoms with van der Waals surface area (Å²) in [5.74, 6) is -1.30. The summed E-state index contributed by atoms with van der Waals surface area (Å²) in [5, 5.41) is 7.49. The van der Waals surface area contributed by atoms with Crippen LogP contribution >= 0.6 is 0 Å². The van der Waals surface area contributed by atoms with Crippen molar-refractivity contribution in [2.24, 2.45) is 5.14 Å². The molecule has 0 bridgehead atoms. The Bertz CT molecular complexity index is 852. The number of esters is 1. The lowest BCUT2D eigenvalue weighted by Crippen LogP contribution is -2.30. The maximum absolute atomic E-state index is 12.1. The number of anilines is 1. The first-order valence-corrected chi connectivity index (χ1v) is 8.37. The number of ether oxygens (including phenoxy) is 1. The lowest BCUT2D eigenvalue weighted by molar-refractivity contribution is -0.123. The summed E-state index contributed by atoms with van der Waals surface area (Å²) in [5.41, 5.74) is 0.434. The van der Waals surface area contributed by atoms with E-state index in [-0.39, 0.29) is 16.1 Å². The van der Waals surface area contributed by atoms with E-state index in [0.717, 1.165) is 0 Å². The number of carbonyl (C=O) groups excluding carboxylic acids is 2. The number of amides is 1. The number of benzene rings is 1. The molecule has 3 N–H and O–H groups in total. The van der Waals surface area contributed by atoms with E-state index in [2.05, 4.69) is 10.3 Å². The van der Waals surface area contributed by atoms with Crippen LogP contribution in [0, 0.1) is 0 Å². The van der Waals surface area contributed by atoms with E-state index in [4.69, 9.17) is 9.88 Å². The van der Waals surface area contributed by atoms with Gasteiger partial charge in [-0.15, -0.1) is 0 Å². The minimum absolute atomic E-state index is 0.139. The third-order valence-electron chi connectivity index (χ3n) is 2.98. The monoisotopic (exact) mass is 349 g/mol. The van der Waals surface area contributed by atoms with Crippen LogP contribution in [0.15, 0.2) is 53.7 Å². The second-order valence-corrected chi connectivity index (χ2v) is 6.41. The van der Waals surface area contributed by atoms with E-state index in [1.54, 1.807) is 6.07 Å². The lowest BCUT2D eigenvalue weighted by Gasteiger charge is -2.13. The van der Waals surface area contributed by atoms with E-state index in [0.29, 0.717) is 0 Å². The largest absolute Gasteiger partial charge is 0.449 e. The summed E-state index contributed by atoms with van der Waals surface area (Å²) in [6.45, 7) is 1.40. The van der Waals surface area contributed by atoms with Gasteiger partial charge in [-0.1, -0.05) is 6.07 Å².